The highest BCUT2D eigenvalue weighted by molar-refractivity contribution is 5.44. The molecule has 1 saturated carbocycles. The van der Waals surface area contributed by atoms with E-state index in [0.717, 1.165) is 24.1 Å². The maximum atomic E-state index is 14.8. The molecule has 45 heavy (non-hydrogen) atoms. The quantitative estimate of drug-likeness (QED) is 0.203. The summed E-state index contributed by atoms with van der Waals surface area (Å²) in [7, 11) is 0. The van der Waals surface area contributed by atoms with Gasteiger partial charge < -0.3 is 20.9 Å². The minimum absolute atomic E-state index is 0.0562. The highest BCUT2D eigenvalue weighted by atomic mass is 19.4. The molecule has 0 amide bonds. The molecule has 11 heteroatoms. The molecule has 3 heterocycles. The Bertz CT molecular complexity index is 1270. The van der Waals surface area contributed by atoms with Crippen molar-refractivity contribution in [3.05, 3.63) is 90.4 Å². The number of rotatable bonds is 12. The van der Waals surface area contributed by atoms with E-state index in [1.807, 2.05) is 13.8 Å². The van der Waals surface area contributed by atoms with Crippen molar-refractivity contribution in [2.24, 2.45) is 5.92 Å². The highest BCUT2D eigenvalue weighted by Gasteiger charge is 2.46. The molecule has 2 aromatic rings. The van der Waals surface area contributed by atoms with E-state index in [-0.39, 0.29) is 30.5 Å². The molecule has 2 atom stereocenters. The SMILES string of the molecule is C=C(CNC(=C)C(F)(F)c1ccc(CC)nc1)Nc1cc(C(CCC)N2CC(C(F)(F)F)NC2=C)ccn1.CC1CCCCC1. The van der Waals surface area contributed by atoms with E-state index in [4.69, 9.17) is 0 Å². The third-order valence-corrected chi connectivity index (χ3v) is 8.21. The number of hydrogen-bond donors (Lipinski definition) is 3. The molecule has 2 fully saturated rings. The van der Waals surface area contributed by atoms with Crippen molar-refractivity contribution in [2.75, 3.05) is 18.4 Å². The van der Waals surface area contributed by atoms with E-state index in [0.29, 0.717) is 30.1 Å². The molecule has 4 rings (SSSR count). The molecule has 6 nitrogen and oxygen atoms in total. The van der Waals surface area contributed by atoms with Crippen molar-refractivity contribution in [1.29, 1.82) is 0 Å². The van der Waals surface area contributed by atoms with E-state index < -0.39 is 23.8 Å². The third kappa shape index (κ3) is 10.2. The fourth-order valence-electron chi connectivity index (χ4n) is 5.49. The van der Waals surface area contributed by atoms with E-state index in [1.165, 1.54) is 44.4 Å². The summed E-state index contributed by atoms with van der Waals surface area (Å²) in [4.78, 5) is 9.89. The second kappa shape index (κ2) is 16.1. The average Bonchev–Trinajstić information content (AvgIpc) is 3.41. The van der Waals surface area contributed by atoms with Gasteiger partial charge in [0.25, 0.3) is 0 Å². The van der Waals surface area contributed by atoms with Gasteiger partial charge in [-0.15, -0.1) is 0 Å². The van der Waals surface area contributed by atoms with E-state index in [1.54, 1.807) is 23.1 Å². The van der Waals surface area contributed by atoms with Crippen molar-refractivity contribution in [1.82, 2.24) is 25.5 Å². The number of halogens is 5. The third-order valence-electron chi connectivity index (χ3n) is 8.21. The second-order valence-corrected chi connectivity index (χ2v) is 11.9. The molecule has 1 aliphatic carbocycles. The number of alkyl halides is 5. The van der Waals surface area contributed by atoms with Gasteiger partial charge in [0.05, 0.1) is 24.1 Å². The Morgan fingerprint density at radius 2 is 1.78 bits per heavy atom. The zero-order valence-corrected chi connectivity index (χ0v) is 26.6. The molecule has 3 N–H and O–H groups in total. The van der Waals surface area contributed by atoms with Gasteiger partial charge in [-0.25, -0.2) is 4.98 Å². The summed E-state index contributed by atoms with van der Waals surface area (Å²) in [6, 6.07) is 4.29. The van der Waals surface area contributed by atoms with E-state index >= 15 is 0 Å². The van der Waals surface area contributed by atoms with Crippen molar-refractivity contribution >= 4 is 5.82 Å². The Kier molecular flexibility index (Phi) is 12.8. The van der Waals surface area contributed by atoms with Crippen LogP contribution in [0.4, 0.5) is 27.8 Å². The van der Waals surface area contributed by atoms with Gasteiger partial charge in [-0.3, -0.25) is 4.98 Å². The average molecular weight is 635 g/mol. The smallest absolute Gasteiger partial charge is 0.378 e. The fraction of sp³-hybridized carbons (Fsp3) is 0.529. The maximum absolute atomic E-state index is 14.8. The Hall–Kier alpha value is -3.63. The van der Waals surface area contributed by atoms with Crippen LogP contribution in [0.2, 0.25) is 0 Å². The predicted molar refractivity (Wildman–Crippen MR) is 170 cm³/mol. The van der Waals surface area contributed by atoms with Crippen molar-refractivity contribution < 1.29 is 22.0 Å². The van der Waals surface area contributed by atoms with Gasteiger partial charge in [-0.05, 0) is 48.6 Å². The molecule has 1 aliphatic heterocycles. The van der Waals surface area contributed by atoms with Gasteiger partial charge in [0.2, 0.25) is 0 Å². The zero-order chi connectivity index (χ0) is 33.2. The lowest BCUT2D eigenvalue weighted by Gasteiger charge is -2.30. The predicted octanol–water partition coefficient (Wildman–Crippen LogP) is 8.60. The van der Waals surface area contributed by atoms with Crippen molar-refractivity contribution in [3.63, 3.8) is 0 Å². The van der Waals surface area contributed by atoms with E-state index in [2.05, 4.69) is 52.6 Å². The molecular weight excluding hydrogens is 587 g/mol. The first-order valence-electron chi connectivity index (χ1n) is 15.7. The molecule has 0 aromatic carbocycles. The van der Waals surface area contributed by atoms with Gasteiger partial charge >= 0.3 is 12.1 Å². The summed E-state index contributed by atoms with van der Waals surface area (Å²) < 4.78 is 69.4. The Morgan fingerprint density at radius 1 is 1.07 bits per heavy atom. The van der Waals surface area contributed by atoms with Gasteiger partial charge in [-0.1, -0.05) is 79.0 Å². The summed E-state index contributed by atoms with van der Waals surface area (Å²) in [6.07, 6.45) is 7.70. The first-order chi connectivity index (χ1) is 21.3. The number of nitrogens with one attached hydrogen (secondary N) is 3. The number of nitrogens with zero attached hydrogens (tertiary/aromatic N) is 3. The van der Waals surface area contributed by atoms with Crippen LogP contribution in [-0.2, 0) is 12.3 Å². The van der Waals surface area contributed by atoms with E-state index in [9.17, 15) is 22.0 Å². The minimum Gasteiger partial charge on any atom is -0.378 e. The first-order valence-corrected chi connectivity index (χ1v) is 15.7. The first kappa shape index (κ1) is 35.8. The minimum atomic E-state index is -4.39. The number of pyridine rings is 2. The lowest BCUT2D eigenvalue weighted by Crippen LogP contribution is -2.39. The Labute approximate surface area is 264 Å². The van der Waals surface area contributed by atoms with Crippen LogP contribution in [-0.4, -0.2) is 40.2 Å². The molecule has 248 valence electrons. The van der Waals surface area contributed by atoms with Crippen LogP contribution in [0.1, 0.15) is 88.6 Å². The molecule has 2 unspecified atom stereocenters. The molecule has 0 spiro atoms. The van der Waals surface area contributed by atoms with Crippen molar-refractivity contribution in [3.8, 4) is 0 Å². The van der Waals surface area contributed by atoms with Crippen LogP contribution < -0.4 is 16.0 Å². The normalized spacial score (nSPS) is 18.0. The highest BCUT2D eigenvalue weighted by Crippen LogP contribution is 2.36. The molecule has 2 aromatic heterocycles. The van der Waals surface area contributed by atoms with Crippen LogP contribution in [0.5, 0.6) is 0 Å². The van der Waals surface area contributed by atoms with Crippen LogP contribution in [0.3, 0.4) is 0 Å². The van der Waals surface area contributed by atoms with Crippen LogP contribution in [0.25, 0.3) is 0 Å². The summed E-state index contributed by atoms with van der Waals surface area (Å²) in [5.74, 6) is -1.71. The number of hydrogen-bond acceptors (Lipinski definition) is 6. The molecule has 0 bridgehead atoms. The fourth-order valence-corrected chi connectivity index (χ4v) is 5.49. The molecule has 0 radical (unpaired) electrons. The standard InChI is InChI=1S/C27H33F5N6.C7H14/c1-6-8-23(38-16-24(27(30,31)32)37-19(38)5)20-11-12-33-25(13-20)36-17(3)14-34-18(4)26(28,29)21-9-10-22(7-2)35-15-21;1-7-5-3-2-4-6-7/h9-13,15,23-24,34,37H,3-8,14,16H2,1-2H3,(H,33,36);7H,2-6H2,1H3. The van der Waals surface area contributed by atoms with Crippen LogP contribution in [0.15, 0.2) is 73.6 Å². The summed E-state index contributed by atoms with van der Waals surface area (Å²) >= 11 is 0. The molecular formula is C34H47F5N6. The number of aryl methyl sites for hydroxylation is 1. The largest absolute Gasteiger partial charge is 0.410 e. The Morgan fingerprint density at radius 3 is 2.31 bits per heavy atom. The van der Waals surface area contributed by atoms with Crippen LogP contribution in [0, 0.1) is 5.92 Å². The summed E-state index contributed by atoms with van der Waals surface area (Å²) in [5.41, 5.74) is 1.03. The monoisotopic (exact) mass is 634 g/mol. The lowest BCUT2D eigenvalue weighted by molar-refractivity contribution is -0.150. The topological polar surface area (TPSA) is 65.1 Å². The van der Waals surface area contributed by atoms with Crippen LogP contribution >= 0.6 is 0 Å². The number of allylic oxidation sites excluding steroid dienone is 1. The van der Waals surface area contributed by atoms with Crippen molar-refractivity contribution in [2.45, 2.75) is 96.3 Å². The van der Waals surface area contributed by atoms with Gasteiger partial charge in [0.1, 0.15) is 11.9 Å². The van der Waals surface area contributed by atoms with Gasteiger partial charge in [0, 0.05) is 35.9 Å². The van der Waals surface area contributed by atoms with Gasteiger partial charge in [-0.2, -0.15) is 22.0 Å². The maximum Gasteiger partial charge on any atom is 0.410 e. The van der Waals surface area contributed by atoms with Gasteiger partial charge in [0.15, 0.2) is 0 Å². The molecule has 2 aliphatic rings. The molecule has 1 saturated heterocycles. The zero-order valence-electron chi connectivity index (χ0n) is 26.6. The second-order valence-electron chi connectivity index (χ2n) is 11.9. The lowest BCUT2D eigenvalue weighted by atomic mass is 9.91. The number of anilines is 1. The number of aromatic nitrogens is 2. The summed E-state index contributed by atoms with van der Waals surface area (Å²) in [5, 5.41) is 8.01. The summed E-state index contributed by atoms with van der Waals surface area (Å²) in [6.45, 7) is 17.0. The Balaban J connectivity index is 0.000000693.